The second-order valence-corrected chi connectivity index (χ2v) is 6.12. The number of aromatic nitrogens is 2. The number of hydrogen-bond acceptors (Lipinski definition) is 3. The Balaban J connectivity index is 1.87. The Morgan fingerprint density at radius 3 is 2.79 bits per heavy atom. The highest BCUT2D eigenvalue weighted by atomic mass is 16.5. The molecule has 0 radical (unpaired) electrons. The lowest BCUT2D eigenvalue weighted by molar-refractivity contribution is -0.132. The minimum Gasteiger partial charge on any atom is -0.483 e. The van der Waals surface area contributed by atoms with Crippen molar-refractivity contribution >= 4 is 5.91 Å². The Bertz CT molecular complexity index is 666. The number of nitrogens with zero attached hydrogens (tertiary/aromatic N) is 3. The zero-order valence-corrected chi connectivity index (χ0v) is 15.0. The van der Waals surface area contributed by atoms with E-state index in [2.05, 4.69) is 24.9 Å². The molecule has 0 fully saturated rings. The van der Waals surface area contributed by atoms with Gasteiger partial charge in [-0.25, -0.2) is 4.98 Å². The van der Waals surface area contributed by atoms with Crippen molar-refractivity contribution in [2.75, 3.05) is 20.2 Å². The van der Waals surface area contributed by atoms with Gasteiger partial charge in [0.15, 0.2) is 6.61 Å². The van der Waals surface area contributed by atoms with Crippen LogP contribution < -0.4 is 4.74 Å². The molecule has 0 N–H and O–H groups in total. The smallest absolute Gasteiger partial charge is 0.260 e. The predicted octanol–water partition coefficient (Wildman–Crippen LogP) is 3.24. The maximum atomic E-state index is 12.3. The summed E-state index contributed by atoms with van der Waals surface area (Å²) in [5.41, 5.74) is 1.16. The molecule has 130 valence electrons. The molecule has 24 heavy (non-hydrogen) atoms. The van der Waals surface area contributed by atoms with Gasteiger partial charge in [-0.15, -0.1) is 0 Å². The van der Waals surface area contributed by atoms with E-state index in [4.69, 9.17) is 4.74 Å². The summed E-state index contributed by atoms with van der Waals surface area (Å²) in [6.07, 6.45) is 4.73. The molecule has 1 heterocycles. The Labute approximate surface area is 144 Å². The SMILES string of the molecule is CCC(C)c1ccccc1OCC(=O)N(C)CCn1ccnc1C. The molecule has 1 unspecified atom stereocenters. The molecule has 1 amide bonds. The standard InChI is InChI=1S/C19H27N3O2/c1-5-15(2)17-8-6-7-9-18(17)24-14-19(23)21(4)12-13-22-11-10-20-16(22)3/h6-11,15H,5,12-14H2,1-4H3. The zero-order chi connectivity index (χ0) is 17.5. The first kappa shape index (κ1) is 18.0. The first-order valence-electron chi connectivity index (χ1n) is 8.46. The van der Waals surface area contributed by atoms with Crippen LogP contribution in [-0.2, 0) is 11.3 Å². The van der Waals surface area contributed by atoms with Crippen LogP contribution in [-0.4, -0.2) is 40.6 Å². The topological polar surface area (TPSA) is 47.4 Å². The molecular formula is C19H27N3O2. The molecule has 2 aromatic rings. The van der Waals surface area contributed by atoms with Crippen LogP contribution in [0.2, 0.25) is 0 Å². The Hall–Kier alpha value is -2.30. The fourth-order valence-electron chi connectivity index (χ4n) is 2.51. The summed E-state index contributed by atoms with van der Waals surface area (Å²) in [7, 11) is 1.80. The second-order valence-electron chi connectivity index (χ2n) is 6.12. The van der Waals surface area contributed by atoms with E-state index in [0.717, 1.165) is 30.1 Å². The Morgan fingerprint density at radius 2 is 2.12 bits per heavy atom. The van der Waals surface area contributed by atoms with E-state index in [1.165, 1.54) is 0 Å². The van der Waals surface area contributed by atoms with Crippen molar-refractivity contribution in [3.8, 4) is 5.75 Å². The normalized spacial score (nSPS) is 12.0. The number of hydrogen-bond donors (Lipinski definition) is 0. The number of imidazole rings is 1. The molecule has 5 nitrogen and oxygen atoms in total. The summed E-state index contributed by atoms with van der Waals surface area (Å²) in [6.45, 7) is 7.70. The lowest BCUT2D eigenvalue weighted by Gasteiger charge is -2.20. The maximum absolute atomic E-state index is 12.3. The fraction of sp³-hybridized carbons (Fsp3) is 0.474. The minimum absolute atomic E-state index is 0.0216. The van der Waals surface area contributed by atoms with Crippen LogP contribution in [0.15, 0.2) is 36.7 Å². The highest BCUT2D eigenvalue weighted by molar-refractivity contribution is 5.77. The third kappa shape index (κ3) is 4.60. The Kier molecular flexibility index (Phi) is 6.41. The van der Waals surface area contributed by atoms with Crippen LogP contribution in [0.25, 0.3) is 0 Å². The molecule has 0 spiro atoms. The van der Waals surface area contributed by atoms with Crippen molar-refractivity contribution in [1.29, 1.82) is 0 Å². The van der Waals surface area contributed by atoms with Crippen LogP contribution >= 0.6 is 0 Å². The fourth-order valence-corrected chi connectivity index (χ4v) is 2.51. The van der Waals surface area contributed by atoms with E-state index >= 15 is 0 Å². The molecule has 5 heteroatoms. The lowest BCUT2D eigenvalue weighted by Crippen LogP contribution is -2.34. The summed E-state index contributed by atoms with van der Waals surface area (Å²) in [5.74, 6) is 2.15. The van der Waals surface area contributed by atoms with Gasteiger partial charge < -0.3 is 14.2 Å². The van der Waals surface area contributed by atoms with Crippen molar-refractivity contribution in [1.82, 2.24) is 14.5 Å². The summed E-state index contributed by atoms with van der Waals surface area (Å²) in [5, 5.41) is 0. The zero-order valence-electron chi connectivity index (χ0n) is 15.0. The van der Waals surface area contributed by atoms with Crippen LogP contribution in [0.4, 0.5) is 0 Å². The highest BCUT2D eigenvalue weighted by Gasteiger charge is 2.13. The van der Waals surface area contributed by atoms with Gasteiger partial charge in [-0.2, -0.15) is 0 Å². The number of aryl methyl sites for hydroxylation is 1. The molecule has 0 aliphatic carbocycles. The van der Waals surface area contributed by atoms with Gasteiger partial charge in [0.25, 0.3) is 5.91 Å². The van der Waals surface area contributed by atoms with Crippen molar-refractivity contribution in [2.45, 2.75) is 39.7 Å². The van der Waals surface area contributed by atoms with Gasteiger partial charge in [0.2, 0.25) is 0 Å². The molecule has 1 aromatic heterocycles. The van der Waals surface area contributed by atoms with Gasteiger partial charge in [0, 0.05) is 32.5 Å². The van der Waals surface area contributed by atoms with Gasteiger partial charge in [-0.3, -0.25) is 4.79 Å². The third-order valence-electron chi connectivity index (χ3n) is 4.44. The van der Waals surface area contributed by atoms with E-state index in [1.54, 1.807) is 18.1 Å². The average molecular weight is 329 g/mol. The molecule has 2 rings (SSSR count). The number of benzene rings is 1. The lowest BCUT2D eigenvalue weighted by atomic mass is 9.98. The number of carbonyl (C=O) groups excluding carboxylic acids is 1. The summed E-state index contributed by atoms with van der Waals surface area (Å²) in [4.78, 5) is 18.2. The number of likely N-dealkylation sites (N-methyl/N-ethyl adjacent to an activating group) is 1. The van der Waals surface area contributed by atoms with Gasteiger partial charge in [-0.05, 0) is 30.9 Å². The van der Waals surface area contributed by atoms with Crippen LogP contribution in [0.5, 0.6) is 5.75 Å². The number of carbonyl (C=O) groups is 1. The average Bonchev–Trinajstić information content (AvgIpc) is 3.02. The van der Waals surface area contributed by atoms with E-state index in [-0.39, 0.29) is 12.5 Å². The monoisotopic (exact) mass is 329 g/mol. The van der Waals surface area contributed by atoms with Gasteiger partial charge in [-0.1, -0.05) is 32.0 Å². The van der Waals surface area contributed by atoms with E-state index in [9.17, 15) is 4.79 Å². The van der Waals surface area contributed by atoms with Crippen molar-refractivity contribution < 1.29 is 9.53 Å². The maximum Gasteiger partial charge on any atom is 0.260 e. The van der Waals surface area contributed by atoms with Gasteiger partial charge in [0.1, 0.15) is 11.6 Å². The first-order chi connectivity index (χ1) is 11.5. The largest absolute Gasteiger partial charge is 0.483 e. The summed E-state index contributed by atoms with van der Waals surface area (Å²) < 4.78 is 7.82. The minimum atomic E-state index is -0.0216. The summed E-state index contributed by atoms with van der Waals surface area (Å²) >= 11 is 0. The van der Waals surface area contributed by atoms with Crippen LogP contribution in [0.3, 0.4) is 0 Å². The Morgan fingerprint density at radius 1 is 1.38 bits per heavy atom. The van der Waals surface area contributed by atoms with Crippen molar-refractivity contribution in [3.63, 3.8) is 0 Å². The number of rotatable bonds is 8. The molecule has 1 aromatic carbocycles. The molecule has 0 saturated heterocycles. The van der Waals surface area contributed by atoms with Crippen LogP contribution in [0, 0.1) is 6.92 Å². The summed E-state index contributed by atoms with van der Waals surface area (Å²) in [6, 6.07) is 7.95. The molecule has 0 aliphatic heterocycles. The van der Waals surface area contributed by atoms with E-state index < -0.39 is 0 Å². The molecular weight excluding hydrogens is 302 g/mol. The van der Waals surface area contributed by atoms with Crippen molar-refractivity contribution in [3.05, 3.63) is 48.0 Å². The van der Waals surface area contributed by atoms with Gasteiger partial charge in [0.05, 0.1) is 0 Å². The number of ether oxygens (including phenoxy) is 1. The molecule has 0 saturated carbocycles. The number of para-hydroxylation sites is 1. The molecule has 1 atom stereocenters. The van der Waals surface area contributed by atoms with E-state index in [0.29, 0.717) is 12.5 Å². The van der Waals surface area contributed by atoms with Crippen LogP contribution in [0.1, 0.15) is 37.6 Å². The number of amides is 1. The second kappa shape index (κ2) is 8.52. The van der Waals surface area contributed by atoms with E-state index in [1.807, 2.05) is 35.9 Å². The van der Waals surface area contributed by atoms with Crippen molar-refractivity contribution in [2.24, 2.45) is 0 Å². The van der Waals surface area contributed by atoms with Gasteiger partial charge >= 0.3 is 0 Å². The quantitative estimate of drug-likeness (QED) is 0.747. The molecule has 0 aliphatic rings. The first-order valence-corrected chi connectivity index (χ1v) is 8.46. The molecule has 0 bridgehead atoms. The predicted molar refractivity (Wildman–Crippen MR) is 95.2 cm³/mol. The third-order valence-corrected chi connectivity index (χ3v) is 4.44. The highest BCUT2D eigenvalue weighted by Crippen LogP contribution is 2.28.